The predicted octanol–water partition coefficient (Wildman–Crippen LogP) is 2.25. The summed E-state index contributed by atoms with van der Waals surface area (Å²) >= 11 is 0. The molecular weight excluding hydrogens is 368 g/mol. The molecule has 0 spiro atoms. The summed E-state index contributed by atoms with van der Waals surface area (Å²) < 4.78 is 26.9. The molecule has 1 amide bonds. The number of carbonyl (C=O) groups is 2. The van der Waals surface area contributed by atoms with Gasteiger partial charge < -0.3 is 10.4 Å². The van der Waals surface area contributed by atoms with Crippen molar-refractivity contribution in [3.8, 4) is 0 Å². The lowest BCUT2D eigenvalue weighted by atomic mass is 10.1. The number of hydrogen-bond donors (Lipinski definition) is 3. The van der Waals surface area contributed by atoms with Crippen LogP contribution in [-0.2, 0) is 21.2 Å². The number of carbonyl (C=O) groups excluding carboxylic acids is 1. The second-order valence-corrected chi connectivity index (χ2v) is 8.32. The number of carboxylic acid groups (broad SMARTS) is 1. The minimum absolute atomic E-state index is 0.0180. The SMILES string of the molecule is O=C(Cc1cccc(C(=O)O)c1)Nc1ccc(S(=O)(=O)NCC2CC2)cc1. The zero-order valence-electron chi connectivity index (χ0n) is 14.5. The van der Waals surface area contributed by atoms with Gasteiger partial charge in [-0.25, -0.2) is 17.9 Å². The van der Waals surface area contributed by atoms with E-state index in [0.717, 1.165) is 12.8 Å². The lowest BCUT2D eigenvalue weighted by Gasteiger charge is -2.09. The first-order chi connectivity index (χ1) is 12.8. The van der Waals surface area contributed by atoms with Gasteiger partial charge >= 0.3 is 5.97 Å². The molecule has 7 nitrogen and oxygen atoms in total. The van der Waals surface area contributed by atoms with E-state index < -0.39 is 16.0 Å². The van der Waals surface area contributed by atoms with Crippen molar-refractivity contribution in [3.63, 3.8) is 0 Å². The fourth-order valence-corrected chi connectivity index (χ4v) is 3.67. The Labute approximate surface area is 157 Å². The third kappa shape index (κ3) is 5.38. The zero-order valence-corrected chi connectivity index (χ0v) is 15.3. The number of sulfonamides is 1. The minimum atomic E-state index is -3.54. The van der Waals surface area contributed by atoms with Crippen LogP contribution in [0.4, 0.5) is 5.69 Å². The Bertz CT molecular complexity index is 950. The molecule has 1 fully saturated rings. The van der Waals surface area contributed by atoms with Crippen molar-refractivity contribution in [1.82, 2.24) is 4.72 Å². The number of benzene rings is 2. The fourth-order valence-electron chi connectivity index (χ4n) is 2.56. The van der Waals surface area contributed by atoms with E-state index in [4.69, 9.17) is 5.11 Å². The number of amides is 1. The Morgan fingerprint density at radius 1 is 1.07 bits per heavy atom. The third-order valence-corrected chi connectivity index (χ3v) is 5.69. The van der Waals surface area contributed by atoms with Crippen LogP contribution in [0, 0.1) is 5.92 Å². The number of nitrogens with one attached hydrogen (secondary N) is 2. The molecule has 1 saturated carbocycles. The summed E-state index contributed by atoms with van der Waals surface area (Å²) in [5.41, 5.74) is 1.17. The summed E-state index contributed by atoms with van der Waals surface area (Å²) in [6, 6.07) is 12.1. The van der Waals surface area contributed by atoms with Gasteiger partial charge in [-0.1, -0.05) is 12.1 Å². The third-order valence-electron chi connectivity index (χ3n) is 4.25. The Balaban J connectivity index is 1.59. The van der Waals surface area contributed by atoms with E-state index in [9.17, 15) is 18.0 Å². The molecule has 0 bridgehead atoms. The molecule has 1 aliphatic rings. The Morgan fingerprint density at radius 2 is 1.78 bits per heavy atom. The standard InChI is InChI=1S/C19H20N2O5S/c22-18(11-14-2-1-3-15(10-14)19(23)24)21-16-6-8-17(9-7-16)27(25,26)20-12-13-4-5-13/h1-3,6-10,13,20H,4-5,11-12H2,(H,21,22)(H,23,24). The highest BCUT2D eigenvalue weighted by Gasteiger charge is 2.24. The van der Waals surface area contributed by atoms with E-state index in [-0.39, 0.29) is 22.8 Å². The van der Waals surface area contributed by atoms with E-state index in [1.54, 1.807) is 12.1 Å². The topological polar surface area (TPSA) is 113 Å². The molecule has 0 aliphatic heterocycles. The monoisotopic (exact) mass is 388 g/mol. The first-order valence-electron chi connectivity index (χ1n) is 8.55. The van der Waals surface area contributed by atoms with E-state index in [2.05, 4.69) is 10.0 Å². The molecular formula is C19H20N2O5S. The molecule has 2 aromatic rings. The average Bonchev–Trinajstić information content (AvgIpc) is 3.45. The first kappa shape index (κ1) is 19.1. The van der Waals surface area contributed by atoms with Gasteiger partial charge in [0.25, 0.3) is 0 Å². The van der Waals surface area contributed by atoms with Crippen molar-refractivity contribution in [2.45, 2.75) is 24.2 Å². The maximum atomic E-state index is 12.2. The molecule has 27 heavy (non-hydrogen) atoms. The van der Waals surface area contributed by atoms with Crippen molar-refractivity contribution >= 4 is 27.6 Å². The summed E-state index contributed by atoms with van der Waals surface area (Å²) in [4.78, 5) is 23.3. The summed E-state index contributed by atoms with van der Waals surface area (Å²) in [5.74, 6) is -0.928. The molecule has 1 aliphatic carbocycles. The maximum Gasteiger partial charge on any atom is 0.335 e. The minimum Gasteiger partial charge on any atom is -0.478 e. The van der Waals surface area contributed by atoms with Gasteiger partial charge in [-0.2, -0.15) is 0 Å². The number of hydrogen-bond acceptors (Lipinski definition) is 4. The summed E-state index contributed by atoms with van der Waals surface area (Å²) in [5, 5.41) is 11.7. The highest BCUT2D eigenvalue weighted by molar-refractivity contribution is 7.89. The van der Waals surface area contributed by atoms with Gasteiger partial charge in [-0.15, -0.1) is 0 Å². The van der Waals surface area contributed by atoms with Gasteiger partial charge in [0.2, 0.25) is 15.9 Å². The van der Waals surface area contributed by atoms with Gasteiger partial charge in [0.05, 0.1) is 16.9 Å². The smallest absolute Gasteiger partial charge is 0.335 e. The zero-order chi connectivity index (χ0) is 19.4. The lowest BCUT2D eigenvalue weighted by Crippen LogP contribution is -2.25. The Morgan fingerprint density at radius 3 is 2.41 bits per heavy atom. The van der Waals surface area contributed by atoms with Crippen LogP contribution >= 0.6 is 0 Å². The van der Waals surface area contributed by atoms with Crippen LogP contribution < -0.4 is 10.0 Å². The van der Waals surface area contributed by atoms with Crippen molar-refractivity contribution in [2.75, 3.05) is 11.9 Å². The van der Waals surface area contributed by atoms with Gasteiger partial charge in [0.1, 0.15) is 0 Å². The van der Waals surface area contributed by atoms with Gasteiger partial charge in [0, 0.05) is 12.2 Å². The second-order valence-electron chi connectivity index (χ2n) is 6.55. The number of anilines is 1. The number of carboxylic acids is 1. The van der Waals surface area contributed by atoms with Crippen molar-refractivity contribution < 1.29 is 23.1 Å². The van der Waals surface area contributed by atoms with Crippen LogP contribution in [0.25, 0.3) is 0 Å². The van der Waals surface area contributed by atoms with E-state index >= 15 is 0 Å². The van der Waals surface area contributed by atoms with Crippen molar-refractivity contribution in [1.29, 1.82) is 0 Å². The predicted molar refractivity (Wildman–Crippen MR) is 100 cm³/mol. The van der Waals surface area contributed by atoms with Gasteiger partial charge in [0.15, 0.2) is 0 Å². The molecule has 0 aromatic heterocycles. The maximum absolute atomic E-state index is 12.2. The fraction of sp³-hybridized carbons (Fsp3) is 0.263. The van der Waals surface area contributed by atoms with E-state index in [0.29, 0.717) is 23.7 Å². The second kappa shape index (κ2) is 7.89. The van der Waals surface area contributed by atoms with E-state index in [1.165, 1.54) is 36.4 Å². The molecule has 0 heterocycles. The molecule has 2 aromatic carbocycles. The summed E-state index contributed by atoms with van der Waals surface area (Å²) in [6.45, 7) is 0.455. The molecule has 8 heteroatoms. The largest absolute Gasteiger partial charge is 0.478 e. The Kier molecular flexibility index (Phi) is 5.57. The van der Waals surface area contributed by atoms with Crippen LogP contribution in [0.1, 0.15) is 28.8 Å². The van der Waals surface area contributed by atoms with Crippen LogP contribution in [0.5, 0.6) is 0 Å². The van der Waals surface area contributed by atoms with Gasteiger partial charge in [-0.3, -0.25) is 4.79 Å². The quantitative estimate of drug-likeness (QED) is 0.642. The van der Waals surface area contributed by atoms with E-state index in [1.807, 2.05) is 0 Å². The molecule has 0 unspecified atom stereocenters. The molecule has 3 N–H and O–H groups in total. The molecule has 3 rings (SSSR count). The van der Waals surface area contributed by atoms with Crippen molar-refractivity contribution in [2.24, 2.45) is 5.92 Å². The summed E-state index contributed by atoms with van der Waals surface area (Å²) in [6.07, 6.45) is 2.13. The Hall–Kier alpha value is -2.71. The first-order valence-corrected chi connectivity index (χ1v) is 10.0. The van der Waals surface area contributed by atoms with Crippen LogP contribution in [0.15, 0.2) is 53.4 Å². The average molecular weight is 388 g/mol. The molecule has 0 radical (unpaired) electrons. The normalized spacial score (nSPS) is 13.9. The highest BCUT2D eigenvalue weighted by atomic mass is 32.2. The van der Waals surface area contributed by atoms with Crippen molar-refractivity contribution in [3.05, 3.63) is 59.7 Å². The van der Waals surface area contributed by atoms with Crippen LogP contribution in [-0.4, -0.2) is 31.9 Å². The summed E-state index contributed by atoms with van der Waals surface area (Å²) in [7, 11) is -3.54. The molecule has 0 saturated heterocycles. The number of aromatic carboxylic acids is 1. The van der Waals surface area contributed by atoms with Crippen LogP contribution in [0.3, 0.4) is 0 Å². The molecule has 0 atom stereocenters. The highest BCUT2D eigenvalue weighted by Crippen LogP contribution is 2.28. The lowest BCUT2D eigenvalue weighted by molar-refractivity contribution is -0.115. The van der Waals surface area contributed by atoms with Crippen LogP contribution in [0.2, 0.25) is 0 Å². The van der Waals surface area contributed by atoms with Gasteiger partial charge in [-0.05, 0) is 60.7 Å². The molecule has 142 valence electrons. The number of rotatable bonds is 8.